The lowest BCUT2D eigenvalue weighted by Crippen LogP contribution is -2.49. The fraction of sp³-hybridized carbons (Fsp3) is 0.316. The highest BCUT2D eigenvalue weighted by Crippen LogP contribution is 2.30. The van der Waals surface area contributed by atoms with Crippen LogP contribution in [0.3, 0.4) is 0 Å². The number of pyridine rings is 2. The van der Waals surface area contributed by atoms with Crippen molar-refractivity contribution in [3.63, 3.8) is 0 Å². The fourth-order valence-electron chi connectivity index (χ4n) is 3.10. The van der Waals surface area contributed by atoms with Crippen LogP contribution >= 0.6 is 36.2 Å². The molecule has 4 rings (SSSR count). The molecule has 3 aromatic heterocycles. The van der Waals surface area contributed by atoms with Crippen LogP contribution in [0.4, 0.5) is 17.3 Å². The quantitative estimate of drug-likeness (QED) is 0.603. The van der Waals surface area contributed by atoms with Crippen LogP contribution in [0.25, 0.3) is 10.7 Å². The summed E-state index contributed by atoms with van der Waals surface area (Å²) in [7, 11) is 1.63. The van der Waals surface area contributed by atoms with Crippen molar-refractivity contribution in [1.29, 1.82) is 0 Å². The third-order valence-electron chi connectivity index (χ3n) is 4.46. The first kappa shape index (κ1) is 23.2. The van der Waals surface area contributed by atoms with E-state index in [0.29, 0.717) is 17.6 Å². The molecule has 156 valence electrons. The van der Waals surface area contributed by atoms with Crippen LogP contribution in [-0.2, 0) is 0 Å². The van der Waals surface area contributed by atoms with Crippen molar-refractivity contribution in [1.82, 2.24) is 20.3 Å². The van der Waals surface area contributed by atoms with Crippen molar-refractivity contribution in [2.75, 3.05) is 37.0 Å². The van der Waals surface area contributed by atoms with Gasteiger partial charge in [-0.25, -0.2) is 15.0 Å². The number of nitrogens with one attached hydrogen (secondary N) is 2. The van der Waals surface area contributed by atoms with Crippen LogP contribution in [0.2, 0.25) is 0 Å². The topological polar surface area (TPSA) is 75.2 Å². The van der Waals surface area contributed by atoms with Crippen LogP contribution < -0.4 is 20.3 Å². The summed E-state index contributed by atoms with van der Waals surface area (Å²) in [6, 6.07) is 8.34. The number of piperazine rings is 1. The van der Waals surface area contributed by atoms with Crippen molar-refractivity contribution < 1.29 is 4.74 Å². The molecule has 10 heteroatoms. The molecule has 0 aliphatic carbocycles. The molecular formula is C19H24Cl2N6OS. The highest BCUT2D eigenvalue weighted by atomic mass is 35.5. The minimum absolute atomic E-state index is 0. The Morgan fingerprint density at radius 2 is 2.07 bits per heavy atom. The Labute approximate surface area is 186 Å². The van der Waals surface area contributed by atoms with Gasteiger partial charge in [-0.05, 0) is 31.2 Å². The molecular weight excluding hydrogens is 431 g/mol. The fourth-order valence-corrected chi connectivity index (χ4v) is 3.71. The molecule has 1 atom stereocenters. The van der Waals surface area contributed by atoms with Gasteiger partial charge in [0.15, 0.2) is 11.6 Å². The van der Waals surface area contributed by atoms with Gasteiger partial charge in [0.05, 0.1) is 19.0 Å². The SMILES string of the molecule is COc1ccc(-c2nccs2)nc1Nc1ccc(N2CCNC(C)C2)cn1.Cl.Cl. The van der Waals surface area contributed by atoms with E-state index in [1.54, 1.807) is 24.6 Å². The number of nitrogens with zero attached hydrogens (tertiary/aromatic N) is 4. The van der Waals surface area contributed by atoms with Gasteiger partial charge in [0.1, 0.15) is 16.5 Å². The Balaban J connectivity index is 0.00000150. The minimum atomic E-state index is 0. The van der Waals surface area contributed by atoms with Gasteiger partial charge in [-0.15, -0.1) is 36.2 Å². The number of halogens is 2. The Bertz CT molecular complexity index is 894. The third kappa shape index (κ3) is 5.48. The van der Waals surface area contributed by atoms with Gasteiger partial charge >= 0.3 is 0 Å². The molecule has 3 aromatic rings. The van der Waals surface area contributed by atoms with Gasteiger partial charge in [0, 0.05) is 37.3 Å². The van der Waals surface area contributed by atoms with Crippen LogP contribution in [0, 0.1) is 0 Å². The zero-order valence-corrected chi connectivity index (χ0v) is 18.6. The second-order valence-electron chi connectivity index (χ2n) is 6.41. The zero-order chi connectivity index (χ0) is 18.6. The lowest BCUT2D eigenvalue weighted by molar-refractivity contribution is 0.415. The second kappa shape index (κ2) is 10.6. The maximum atomic E-state index is 5.44. The van der Waals surface area contributed by atoms with Crippen LogP contribution in [-0.4, -0.2) is 47.7 Å². The molecule has 0 saturated carbocycles. The molecule has 4 heterocycles. The van der Waals surface area contributed by atoms with Crippen molar-refractivity contribution in [2.24, 2.45) is 0 Å². The first-order valence-electron chi connectivity index (χ1n) is 8.89. The van der Waals surface area contributed by atoms with E-state index in [-0.39, 0.29) is 24.8 Å². The summed E-state index contributed by atoms with van der Waals surface area (Å²) in [6.45, 7) is 5.17. The number of anilines is 3. The van der Waals surface area contributed by atoms with Crippen molar-refractivity contribution in [3.05, 3.63) is 42.0 Å². The van der Waals surface area contributed by atoms with Gasteiger partial charge in [0.2, 0.25) is 0 Å². The van der Waals surface area contributed by atoms with Crippen LogP contribution in [0.5, 0.6) is 5.75 Å². The normalized spacial score (nSPS) is 15.8. The Hall–Kier alpha value is -2.13. The van der Waals surface area contributed by atoms with Crippen molar-refractivity contribution in [2.45, 2.75) is 13.0 Å². The van der Waals surface area contributed by atoms with Crippen molar-refractivity contribution in [3.8, 4) is 16.5 Å². The summed E-state index contributed by atoms with van der Waals surface area (Å²) < 4.78 is 5.44. The lowest BCUT2D eigenvalue weighted by Gasteiger charge is -2.33. The van der Waals surface area contributed by atoms with Gasteiger partial charge in [-0.1, -0.05) is 0 Å². The van der Waals surface area contributed by atoms with E-state index in [4.69, 9.17) is 4.74 Å². The molecule has 0 aromatic carbocycles. The summed E-state index contributed by atoms with van der Waals surface area (Å²) in [5, 5.41) is 9.53. The van der Waals surface area contributed by atoms with E-state index in [0.717, 1.165) is 41.8 Å². The van der Waals surface area contributed by atoms with E-state index in [2.05, 4.69) is 43.5 Å². The molecule has 0 bridgehead atoms. The first-order chi connectivity index (χ1) is 13.2. The highest BCUT2D eigenvalue weighted by Gasteiger charge is 2.16. The average Bonchev–Trinajstić information content (AvgIpc) is 3.23. The number of methoxy groups -OCH3 is 1. The Kier molecular flexibility index (Phi) is 8.45. The van der Waals surface area contributed by atoms with E-state index in [1.807, 2.05) is 29.8 Å². The smallest absolute Gasteiger partial charge is 0.175 e. The summed E-state index contributed by atoms with van der Waals surface area (Å²) >= 11 is 1.55. The third-order valence-corrected chi connectivity index (χ3v) is 5.25. The van der Waals surface area contributed by atoms with Gasteiger partial charge < -0.3 is 20.3 Å². The molecule has 2 N–H and O–H groups in total. The molecule has 7 nitrogen and oxygen atoms in total. The predicted molar refractivity (Wildman–Crippen MR) is 124 cm³/mol. The van der Waals surface area contributed by atoms with Crippen LogP contribution in [0.1, 0.15) is 6.92 Å². The molecule has 1 aliphatic heterocycles. The maximum absolute atomic E-state index is 5.44. The number of hydrogen-bond acceptors (Lipinski definition) is 8. The maximum Gasteiger partial charge on any atom is 0.175 e. The number of rotatable bonds is 5. The van der Waals surface area contributed by atoms with E-state index < -0.39 is 0 Å². The number of thiazole rings is 1. The molecule has 29 heavy (non-hydrogen) atoms. The van der Waals surface area contributed by atoms with Gasteiger partial charge in [-0.3, -0.25) is 0 Å². The first-order valence-corrected chi connectivity index (χ1v) is 9.77. The van der Waals surface area contributed by atoms with Crippen LogP contribution in [0.15, 0.2) is 42.0 Å². The monoisotopic (exact) mass is 454 g/mol. The zero-order valence-electron chi connectivity index (χ0n) is 16.2. The molecule has 0 spiro atoms. The van der Waals surface area contributed by atoms with E-state index >= 15 is 0 Å². The highest BCUT2D eigenvalue weighted by molar-refractivity contribution is 7.13. The average molecular weight is 455 g/mol. The molecule has 0 radical (unpaired) electrons. The van der Waals surface area contributed by atoms with E-state index in [1.165, 1.54) is 0 Å². The lowest BCUT2D eigenvalue weighted by atomic mass is 10.2. The Morgan fingerprint density at radius 3 is 2.72 bits per heavy atom. The summed E-state index contributed by atoms with van der Waals surface area (Å²) in [4.78, 5) is 15.9. The van der Waals surface area contributed by atoms with Gasteiger partial charge in [-0.2, -0.15) is 0 Å². The van der Waals surface area contributed by atoms with E-state index in [9.17, 15) is 0 Å². The second-order valence-corrected chi connectivity index (χ2v) is 7.31. The summed E-state index contributed by atoms with van der Waals surface area (Å²) in [6.07, 6.45) is 3.67. The molecule has 1 fully saturated rings. The molecule has 1 aliphatic rings. The Morgan fingerprint density at radius 1 is 1.21 bits per heavy atom. The number of hydrogen-bond donors (Lipinski definition) is 2. The molecule has 0 amide bonds. The molecule has 1 unspecified atom stereocenters. The summed E-state index contributed by atoms with van der Waals surface area (Å²) in [5.41, 5.74) is 1.94. The summed E-state index contributed by atoms with van der Waals surface area (Å²) in [5.74, 6) is 2.02. The largest absolute Gasteiger partial charge is 0.493 e. The minimum Gasteiger partial charge on any atom is -0.493 e. The standard InChI is InChI=1S/C19H22N6OS.2ClH/c1-13-12-25(9-7-20-13)14-3-6-17(22-11-14)24-18-16(26-2)5-4-15(23-18)19-21-8-10-27-19;;/h3-6,8,10-11,13,20H,7,9,12H2,1-2H3,(H,22,23,24);2*1H. The number of aromatic nitrogens is 3. The molecule has 1 saturated heterocycles. The van der Waals surface area contributed by atoms with Crippen molar-refractivity contribution >= 4 is 53.5 Å². The van der Waals surface area contributed by atoms with Gasteiger partial charge in [0.25, 0.3) is 0 Å². The number of ether oxygens (including phenoxy) is 1. The predicted octanol–water partition coefficient (Wildman–Crippen LogP) is 3.99.